The van der Waals surface area contributed by atoms with E-state index in [1.165, 1.54) is 12.1 Å². The standard InChI is InChI=1S/C14H18N2O11S.K/c1-7(17)15-11-13(19)12(18)10(6-25-28(22,23)24)27-14(11)26-9-4-2-8(3-5-9)16(20)21;/h2-5,10-14,18-19H,6H2,1H3,(H,15,17)(H,22,23,24);/t10-,11-,12-,13-,14-;/m1./s1. The summed E-state index contributed by atoms with van der Waals surface area (Å²) in [6, 6.07) is 3.52. The van der Waals surface area contributed by atoms with E-state index in [9.17, 15) is 33.5 Å². The topological polar surface area (TPSA) is 195 Å². The average Bonchev–Trinajstić information content (AvgIpc) is 2.59. The van der Waals surface area contributed by atoms with E-state index in [2.05, 4.69) is 9.50 Å². The first-order valence-corrected chi connectivity index (χ1v) is 9.16. The minimum atomic E-state index is -4.83. The van der Waals surface area contributed by atoms with Crippen LogP contribution < -0.4 is 10.1 Å². The van der Waals surface area contributed by atoms with Gasteiger partial charge in [0.1, 0.15) is 30.1 Å². The van der Waals surface area contributed by atoms with Crippen LogP contribution in [0.25, 0.3) is 0 Å². The van der Waals surface area contributed by atoms with E-state index in [4.69, 9.17) is 14.0 Å². The summed E-state index contributed by atoms with van der Waals surface area (Å²) in [5.74, 6) is -0.506. The summed E-state index contributed by atoms with van der Waals surface area (Å²) in [4.78, 5) is 21.5. The van der Waals surface area contributed by atoms with E-state index < -0.39 is 58.5 Å². The quantitative estimate of drug-likeness (QED) is 0.157. The van der Waals surface area contributed by atoms with E-state index in [1.54, 1.807) is 0 Å². The Morgan fingerprint density at radius 3 is 2.34 bits per heavy atom. The van der Waals surface area contributed by atoms with Crippen LogP contribution in [0.1, 0.15) is 6.92 Å². The Labute approximate surface area is 207 Å². The minimum Gasteiger partial charge on any atom is -0.463 e. The van der Waals surface area contributed by atoms with Crippen molar-refractivity contribution in [2.75, 3.05) is 6.61 Å². The number of aliphatic hydroxyl groups excluding tert-OH is 2. The molecular formula is C14H18KN2O11S. The Morgan fingerprint density at radius 2 is 1.86 bits per heavy atom. The van der Waals surface area contributed by atoms with E-state index in [0.29, 0.717) is 0 Å². The summed E-state index contributed by atoms with van der Waals surface area (Å²) in [6.45, 7) is 0.305. The summed E-state index contributed by atoms with van der Waals surface area (Å²) in [5, 5.41) is 33.4. The molecule has 0 bridgehead atoms. The number of nitro benzene ring substituents is 1. The first-order chi connectivity index (χ1) is 13.0. The molecule has 15 heteroatoms. The van der Waals surface area contributed by atoms with Gasteiger partial charge in [0.2, 0.25) is 12.2 Å². The fourth-order valence-corrected chi connectivity index (χ4v) is 2.80. The van der Waals surface area contributed by atoms with Gasteiger partial charge in [0.25, 0.3) is 5.69 Å². The molecule has 0 unspecified atom stereocenters. The minimum absolute atomic E-state index is 0. The first-order valence-electron chi connectivity index (χ1n) is 7.79. The van der Waals surface area contributed by atoms with Crippen molar-refractivity contribution in [1.82, 2.24) is 5.32 Å². The van der Waals surface area contributed by atoms with Crippen LogP contribution in [0.15, 0.2) is 24.3 Å². The van der Waals surface area contributed by atoms with Crippen LogP contribution >= 0.6 is 0 Å². The Hall–Kier alpha value is -0.724. The Morgan fingerprint density at radius 1 is 1.28 bits per heavy atom. The molecule has 1 saturated heterocycles. The normalized spacial score (nSPS) is 26.8. The van der Waals surface area contributed by atoms with Gasteiger partial charge in [-0.15, -0.1) is 0 Å². The zero-order valence-electron chi connectivity index (χ0n) is 15.4. The number of nitro groups is 1. The van der Waals surface area contributed by atoms with Crippen LogP contribution in [0.2, 0.25) is 0 Å². The van der Waals surface area contributed by atoms with E-state index in [0.717, 1.165) is 19.1 Å². The largest absolute Gasteiger partial charge is 0.463 e. The number of carbonyl (C=O) groups is 1. The molecule has 0 aliphatic carbocycles. The first kappa shape index (κ1) is 26.3. The molecule has 157 valence electrons. The molecule has 1 fully saturated rings. The third-order valence-corrected chi connectivity index (χ3v) is 4.19. The van der Waals surface area contributed by atoms with Gasteiger partial charge in [-0.1, -0.05) is 0 Å². The van der Waals surface area contributed by atoms with Crippen molar-refractivity contribution in [1.29, 1.82) is 0 Å². The van der Waals surface area contributed by atoms with Gasteiger partial charge in [-0.2, -0.15) is 8.42 Å². The van der Waals surface area contributed by atoms with E-state index in [1.807, 2.05) is 0 Å². The van der Waals surface area contributed by atoms with Gasteiger partial charge in [0, 0.05) is 70.4 Å². The molecule has 2 rings (SSSR count). The Bertz CT molecular complexity index is 819. The summed E-state index contributed by atoms with van der Waals surface area (Å²) in [7, 11) is -4.83. The molecule has 0 aromatic heterocycles. The second kappa shape index (κ2) is 11.1. The molecule has 1 aromatic carbocycles. The summed E-state index contributed by atoms with van der Waals surface area (Å²) in [6.07, 6.45) is -6.19. The maximum Gasteiger partial charge on any atom is 0.397 e. The molecule has 1 aliphatic rings. The number of nitrogens with zero attached hydrogens (tertiary/aromatic N) is 1. The number of rotatable bonds is 7. The second-order valence-electron chi connectivity index (χ2n) is 5.83. The van der Waals surface area contributed by atoms with Crippen molar-refractivity contribution in [3.63, 3.8) is 0 Å². The Balaban J connectivity index is 0.00000420. The molecule has 1 aliphatic heterocycles. The summed E-state index contributed by atoms with van der Waals surface area (Å²) < 4.78 is 45.1. The number of carbonyl (C=O) groups excluding carboxylic acids is 1. The van der Waals surface area contributed by atoms with Crippen LogP contribution in [0.3, 0.4) is 0 Å². The third-order valence-electron chi connectivity index (χ3n) is 3.75. The van der Waals surface area contributed by atoms with E-state index in [-0.39, 0.29) is 62.8 Å². The average molecular weight is 461 g/mol. The second-order valence-corrected chi connectivity index (χ2v) is 6.92. The molecule has 4 N–H and O–H groups in total. The van der Waals surface area contributed by atoms with Crippen LogP contribution in [0.5, 0.6) is 5.75 Å². The molecule has 1 amide bonds. The predicted molar refractivity (Wildman–Crippen MR) is 95.3 cm³/mol. The van der Waals surface area contributed by atoms with Gasteiger partial charge in [-0.05, 0) is 12.1 Å². The number of hydrogen-bond acceptors (Lipinski definition) is 10. The molecule has 5 atom stereocenters. The molecule has 13 nitrogen and oxygen atoms in total. The molecule has 1 radical (unpaired) electrons. The fraction of sp³-hybridized carbons (Fsp3) is 0.500. The van der Waals surface area contributed by atoms with Gasteiger partial charge in [-0.3, -0.25) is 19.5 Å². The molecular weight excluding hydrogens is 443 g/mol. The molecule has 1 aromatic rings. The van der Waals surface area contributed by atoms with Crippen LogP contribution in [-0.2, 0) is 24.1 Å². The van der Waals surface area contributed by atoms with Gasteiger partial charge in [0.15, 0.2) is 0 Å². The molecule has 0 spiro atoms. The number of amides is 1. The van der Waals surface area contributed by atoms with Gasteiger partial charge in [-0.25, -0.2) is 4.18 Å². The predicted octanol–water partition coefficient (Wildman–Crippen LogP) is -1.64. The number of ether oxygens (including phenoxy) is 2. The summed E-state index contributed by atoms with van der Waals surface area (Å²) >= 11 is 0. The van der Waals surface area contributed by atoms with Crippen LogP contribution in [0, 0.1) is 10.1 Å². The van der Waals surface area contributed by atoms with Crippen molar-refractivity contribution in [2.24, 2.45) is 0 Å². The van der Waals surface area contributed by atoms with Crippen molar-refractivity contribution in [3.8, 4) is 5.75 Å². The van der Waals surface area contributed by atoms with Crippen LogP contribution in [-0.4, -0.2) is 123 Å². The zero-order chi connectivity index (χ0) is 21.1. The van der Waals surface area contributed by atoms with Crippen molar-refractivity contribution in [3.05, 3.63) is 34.4 Å². The monoisotopic (exact) mass is 461 g/mol. The third kappa shape index (κ3) is 7.80. The molecule has 29 heavy (non-hydrogen) atoms. The van der Waals surface area contributed by atoms with Crippen molar-refractivity contribution in [2.45, 2.75) is 37.6 Å². The van der Waals surface area contributed by atoms with E-state index >= 15 is 0 Å². The zero-order valence-corrected chi connectivity index (χ0v) is 19.3. The van der Waals surface area contributed by atoms with Gasteiger partial charge >= 0.3 is 10.4 Å². The Kier molecular flexibility index (Phi) is 10.0. The maximum absolute atomic E-state index is 11.4. The maximum atomic E-state index is 11.4. The summed E-state index contributed by atoms with van der Waals surface area (Å²) in [5.41, 5.74) is -0.204. The van der Waals surface area contributed by atoms with Gasteiger partial charge < -0.3 is 25.0 Å². The fourth-order valence-electron chi connectivity index (χ4n) is 2.49. The SMILES string of the molecule is CC(=O)N[C@H]1[C@H](Oc2ccc([N+](=O)[O-])cc2)O[C@H](COS(=O)(=O)O)[C@@H](O)[C@@H]1O.[K]. The van der Waals surface area contributed by atoms with Crippen molar-refractivity contribution >= 4 is 73.4 Å². The van der Waals surface area contributed by atoms with Crippen LogP contribution in [0.4, 0.5) is 5.69 Å². The number of nitrogens with one attached hydrogen (secondary N) is 1. The molecule has 0 saturated carbocycles. The number of aliphatic hydroxyl groups is 2. The number of non-ortho nitro benzene ring substituents is 1. The number of hydrogen-bond donors (Lipinski definition) is 4. The number of benzene rings is 1. The smallest absolute Gasteiger partial charge is 0.397 e. The van der Waals surface area contributed by atoms with Crippen molar-refractivity contribution < 1.29 is 46.6 Å². The van der Waals surface area contributed by atoms with Gasteiger partial charge in [0.05, 0.1) is 11.5 Å². The molecule has 1 heterocycles.